The van der Waals surface area contributed by atoms with Crippen LogP contribution in [0.5, 0.6) is 0 Å². The van der Waals surface area contributed by atoms with E-state index in [2.05, 4.69) is 36.1 Å². The molecule has 0 unspecified atom stereocenters. The predicted molar refractivity (Wildman–Crippen MR) is 63.2 cm³/mol. The lowest BCUT2D eigenvalue weighted by atomic mass is 10.00. The third-order valence-corrected chi connectivity index (χ3v) is 4.16. The minimum atomic E-state index is 0.735. The van der Waals surface area contributed by atoms with Crippen LogP contribution in [0.2, 0.25) is 0 Å². The molecule has 80 valence electrons. The number of fused-ring (bicyclic) bond motifs is 1. The summed E-state index contributed by atoms with van der Waals surface area (Å²) in [7, 11) is 0. The monoisotopic (exact) mass is 201 g/mol. The van der Waals surface area contributed by atoms with Gasteiger partial charge in [0.15, 0.2) is 0 Å². The summed E-state index contributed by atoms with van der Waals surface area (Å²) >= 11 is 0. The largest absolute Gasteiger partial charge is 0.299 e. The number of likely N-dealkylation sites (tertiary alicyclic amines) is 1. The molecule has 1 saturated heterocycles. The van der Waals surface area contributed by atoms with E-state index in [-0.39, 0.29) is 0 Å². The average molecular weight is 201 g/mol. The minimum Gasteiger partial charge on any atom is -0.299 e. The first-order valence-electron chi connectivity index (χ1n) is 6.18. The van der Waals surface area contributed by atoms with Crippen molar-refractivity contribution in [2.45, 2.75) is 38.1 Å². The van der Waals surface area contributed by atoms with E-state index in [1.54, 1.807) is 11.1 Å². The van der Waals surface area contributed by atoms with Gasteiger partial charge < -0.3 is 0 Å². The van der Waals surface area contributed by atoms with Gasteiger partial charge in [0.2, 0.25) is 0 Å². The SMILES string of the molecule is C[C@H]1c2ccccc2C[C@@H]1N1CCCC1. The van der Waals surface area contributed by atoms with Gasteiger partial charge >= 0.3 is 0 Å². The summed E-state index contributed by atoms with van der Waals surface area (Å²) in [5, 5.41) is 0. The summed E-state index contributed by atoms with van der Waals surface area (Å²) in [6, 6.07) is 9.77. The van der Waals surface area contributed by atoms with Crippen LogP contribution < -0.4 is 0 Å². The Morgan fingerprint density at radius 2 is 1.87 bits per heavy atom. The molecule has 1 aromatic rings. The van der Waals surface area contributed by atoms with Gasteiger partial charge in [0.05, 0.1) is 0 Å². The van der Waals surface area contributed by atoms with Gasteiger partial charge in [-0.2, -0.15) is 0 Å². The van der Waals surface area contributed by atoms with Gasteiger partial charge in [-0.3, -0.25) is 4.90 Å². The van der Waals surface area contributed by atoms with Crippen LogP contribution in [0.4, 0.5) is 0 Å². The molecule has 1 aromatic carbocycles. The molecule has 1 nitrogen and oxygen atoms in total. The summed E-state index contributed by atoms with van der Waals surface area (Å²) in [5.74, 6) is 0.735. The molecular weight excluding hydrogens is 182 g/mol. The number of hydrogen-bond acceptors (Lipinski definition) is 1. The molecule has 1 heteroatoms. The van der Waals surface area contributed by atoms with Crippen molar-refractivity contribution in [3.05, 3.63) is 35.4 Å². The highest BCUT2D eigenvalue weighted by atomic mass is 15.2. The van der Waals surface area contributed by atoms with E-state index in [1.165, 1.54) is 32.4 Å². The van der Waals surface area contributed by atoms with Gasteiger partial charge in [0, 0.05) is 6.04 Å². The fourth-order valence-electron chi connectivity index (χ4n) is 3.29. The number of nitrogens with zero attached hydrogens (tertiary/aromatic N) is 1. The molecule has 0 spiro atoms. The molecule has 2 atom stereocenters. The van der Waals surface area contributed by atoms with Crippen LogP contribution in [0.1, 0.15) is 36.8 Å². The highest BCUT2D eigenvalue weighted by Gasteiger charge is 2.33. The van der Waals surface area contributed by atoms with Gasteiger partial charge in [-0.05, 0) is 49.4 Å². The van der Waals surface area contributed by atoms with E-state index in [1.807, 2.05) is 0 Å². The lowest BCUT2D eigenvalue weighted by Gasteiger charge is -2.27. The molecule has 0 aromatic heterocycles. The van der Waals surface area contributed by atoms with Crippen LogP contribution in [0.3, 0.4) is 0 Å². The maximum absolute atomic E-state index is 2.70. The predicted octanol–water partition coefficient (Wildman–Crippen LogP) is 2.81. The first-order chi connectivity index (χ1) is 7.36. The molecular formula is C14H19N. The lowest BCUT2D eigenvalue weighted by Crippen LogP contribution is -2.34. The van der Waals surface area contributed by atoms with Gasteiger partial charge in [0.25, 0.3) is 0 Å². The van der Waals surface area contributed by atoms with Crippen molar-refractivity contribution in [1.82, 2.24) is 4.90 Å². The van der Waals surface area contributed by atoms with Crippen LogP contribution in [-0.4, -0.2) is 24.0 Å². The third-order valence-electron chi connectivity index (χ3n) is 4.16. The van der Waals surface area contributed by atoms with Crippen molar-refractivity contribution >= 4 is 0 Å². The van der Waals surface area contributed by atoms with E-state index in [0.717, 1.165) is 12.0 Å². The Kier molecular flexibility index (Phi) is 2.28. The Bertz CT molecular complexity index is 352. The van der Waals surface area contributed by atoms with Crippen molar-refractivity contribution < 1.29 is 0 Å². The Morgan fingerprint density at radius 3 is 2.60 bits per heavy atom. The molecule has 0 saturated carbocycles. The van der Waals surface area contributed by atoms with Crippen LogP contribution in [-0.2, 0) is 6.42 Å². The zero-order valence-corrected chi connectivity index (χ0v) is 9.45. The van der Waals surface area contributed by atoms with Crippen molar-refractivity contribution in [2.75, 3.05) is 13.1 Å². The zero-order chi connectivity index (χ0) is 10.3. The molecule has 1 fully saturated rings. The van der Waals surface area contributed by atoms with Crippen LogP contribution in [0.15, 0.2) is 24.3 Å². The number of benzene rings is 1. The summed E-state index contributed by atoms with van der Waals surface area (Å²) < 4.78 is 0. The zero-order valence-electron chi connectivity index (χ0n) is 9.45. The molecule has 0 N–H and O–H groups in total. The van der Waals surface area contributed by atoms with E-state index in [4.69, 9.17) is 0 Å². The Morgan fingerprint density at radius 1 is 1.13 bits per heavy atom. The smallest absolute Gasteiger partial charge is 0.0202 e. The highest BCUT2D eigenvalue weighted by molar-refractivity contribution is 5.37. The van der Waals surface area contributed by atoms with Crippen molar-refractivity contribution in [2.24, 2.45) is 0 Å². The van der Waals surface area contributed by atoms with E-state index < -0.39 is 0 Å². The topological polar surface area (TPSA) is 3.24 Å². The molecule has 1 aliphatic carbocycles. The van der Waals surface area contributed by atoms with Gasteiger partial charge in [-0.1, -0.05) is 31.2 Å². The summed E-state index contributed by atoms with van der Waals surface area (Å²) in [6.45, 7) is 5.04. The van der Waals surface area contributed by atoms with Crippen molar-refractivity contribution in [3.8, 4) is 0 Å². The summed E-state index contributed by atoms with van der Waals surface area (Å²) in [6.07, 6.45) is 4.08. The molecule has 0 bridgehead atoms. The summed E-state index contributed by atoms with van der Waals surface area (Å²) in [4.78, 5) is 2.70. The van der Waals surface area contributed by atoms with Gasteiger partial charge in [0.1, 0.15) is 0 Å². The fourth-order valence-corrected chi connectivity index (χ4v) is 3.29. The highest BCUT2D eigenvalue weighted by Crippen LogP contribution is 2.36. The quantitative estimate of drug-likeness (QED) is 0.675. The third kappa shape index (κ3) is 1.50. The normalized spacial score (nSPS) is 30.7. The van der Waals surface area contributed by atoms with Crippen LogP contribution >= 0.6 is 0 Å². The maximum Gasteiger partial charge on any atom is 0.0202 e. The fraction of sp³-hybridized carbons (Fsp3) is 0.571. The maximum atomic E-state index is 2.70. The Hall–Kier alpha value is -0.820. The van der Waals surface area contributed by atoms with E-state index >= 15 is 0 Å². The Labute approximate surface area is 92.1 Å². The first kappa shape index (κ1) is 9.41. The summed E-state index contributed by atoms with van der Waals surface area (Å²) in [5.41, 5.74) is 3.18. The van der Waals surface area contributed by atoms with Crippen molar-refractivity contribution in [1.29, 1.82) is 0 Å². The standard InChI is InChI=1S/C14H19N/c1-11-13-7-3-2-6-12(13)10-14(11)15-8-4-5-9-15/h2-3,6-7,11,14H,4-5,8-10H2,1H3/t11-,14-/m0/s1. The van der Waals surface area contributed by atoms with Crippen LogP contribution in [0, 0.1) is 0 Å². The molecule has 0 amide bonds. The van der Waals surface area contributed by atoms with Gasteiger partial charge in [-0.15, -0.1) is 0 Å². The molecule has 1 aliphatic heterocycles. The first-order valence-corrected chi connectivity index (χ1v) is 6.18. The molecule has 2 aliphatic rings. The molecule has 15 heavy (non-hydrogen) atoms. The number of rotatable bonds is 1. The minimum absolute atomic E-state index is 0.735. The second kappa shape index (κ2) is 3.64. The van der Waals surface area contributed by atoms with E-state index in [9.17, 15) is 0 Å². The second-order valence-electron chi connectivity index (χ2n) is 5.00. The van der Waals surface area contributed by atoms with Crippen LogP contribution in [0.25, 0.3) is 0 Å². The average Bonchev–Trinajstić information content (AvgIpc) is 2.87. The van der Waals surface area contributed by atoms with E-state index in [0.29, 0.717) is 0 Å². The second-order valence-corrected chi connectivity index (χ2v) is 5.00. The van der Waals surface area contributed by atoms with Gasteiger partial charge in [-0.25, -0.2) is 0 Å². The number of hydrogen-bond donors (Lipinski definition) is 0. The molecule has 3 rings (SSSR count). The molecule has 0 radical (unpaired) electrons. The van der Waals surface area contributed by atoms with Crippen molar-refractivity contribution in [3.63, 3.8) is 0 Å². The Balaban J connectivity index is 1.86. The lowest BCUT2D eigenvalue weighted by molar-refractivity contribution is 0.227. The molecule has 1 heterocycles.